The molecule has 0 aliphatic carbocycles. The SMILES string of the molecule is Cc1cccc2c(O)c(/C=C/C(=O)c3ccccc3)c(=O)oc12. The Morgan fingerprint density at radius 3 is 2.57 bits per heavy atom. The van der Waals surface area contributed by atoms with Gasteiger partial charge >= 0.3 is 5.63 Å². The average molecular weight is 306 g/mol. The molecule has 0 unspecified atom stereocenters. The molecule has 23 heavy (non-hydrogen) atoms. The van der Waals surface area contributed by atoms with E-state index in [1.165, 1.54) is 12.2 Å². The molecule has 4 nitrogen and oxygen atoms in total. The lowest BCUT2D eigenvalue weighted by Crippen LogP contribution is -2.04. The third-order valence-electron chi connectivity index (χ3n) is 3.60. The highest BCUT2D eigenvalue weighted by Crippen LogP contribution is 2.28. The van der Waals surface area contributed by atoms with Gasteiger partial charge in [-0.15, -0.1) is 0 Å². The predicted octanol–water partition coefficient (Wildman–Crippen LogP) is 3.70. The van der Waals surface area contributed by atoms with Crippen molar-refractivity contribution >= 4 is 22.8 Å². The van der Waals surface area contributed by atoms with Crippen LogP contribution >= 0.6 is 0 Å². The normalized spacial score (nSPS) is 11.2. The molecule has 1 aromatic heterocycles. The van der Waals surface area contributed by atoms with E-state index in [1.54, 1.807) is 49.4 Å². The summed E-state index contributed by atoms with van der Waals surface area (Å²) in [5.74, 6) is -0.439. The van der Waals surface area contributed by atoms with Gasteiger partial charge in [0.15, 0.2) is 5.78 Å². The number of hydrogen-bond acceptors (Lipinski definition) is 4. The van der Waals surface area contributed by atoms with E-state index in [1.807, 2.05) is 6.07 Å². The minimum Gasteiger partial charge on any atom is -0.506 e. The summed E-state index contributed by atoms with van der Waals surface area (Å²) in [7, 11) is 0. The lowest BCUT2D eigenvalue weighted by molar-refractivity contribution is 0.104. The highest BCUT2D eigenvalue weighted by atomic mass is 16.4. The molecule has 0 radical (unpaired) electrons. The summed E-state index contributed by atoms with van der Waals surface area (Å²) in [6.45, 7) is 1.79. The minimum absolute atomic E-state index is 0.0348. The maximum absolute atomic E-state index is 12.1. The Morgan fingerprint density at radius 2 is 1.83 bits per heavy atom. The zero-order valence-corrected chi connectivity index (χ0v) is 12.4. The molecule has 0 aliphatic rings. The van der Waals surface area contributed by atoms with Crippen LogP contribution in [-0.4, -0.2) is 10.9 Å². The zero-order valence-electron chi connectivity index (χ0n) is 12.4. The van der Waals surface area contributed by atoms with Crippen LogP contribution in [0.2, 0.25) is 0 Å². The van der Waals surface area contributed by atoms with Crippen LogP contribution in [-0.2, 0) is 0 Å². The van der Waals surface area contributed by atoms with E-state index in [2.05, 4.69) is 0 Å². The van der Waals surface area contributed by atoms with Crippen molar-refractivity contribution in [3.63, 3.8) is 0 Å². The number of ketones is 1. The number of benzene rings is 2. The number of aromatic hydroxyl groups is 1. The van der Waals surface area contributed by atoms with Crippen LogP contribution in [0.1, 0.15) is 21.5 Å². The molecule has 0 bridgehead atoms. The Hall–Kier alpha value is -3.14. The van der Waals surface area contributed by atoms with Crippen molar-refractivity contribution in [1.29, 1.82) is 0 Å². The van der Waals surface area contributed by atoms with Crippen molar-refractivity contribution in [2.75, 3.05) is 0 Å². The standard InChI is InChI=1S/C19H14O4/c1-12-6-5-9-14-17(21)15(19(22)23-18(12)14)10-11-16(20)13-7-3-2-4-8-13/h2-11,21H,1H3/b11-10+. The molecule has 0 saturated heterocycles. The number of allylic oxidation sites excluding steroid dienone is 1. The first kappa shape index (κ1) is 14.8. The van der Waals surface area contributed by atoms with Crippen LogP contribution < -0.4 is 5.63 Å². The Balaban J connectivity index is 2.06. The van der Waals surface area contributed by atoms with E-state index in [-0.39, 0.29) is 17.1 Å². The van der Waals surface area contributed by atoms with Crippen LogP contribution in [0, 0.1) is 6.92 Å². The number of aryl methyl sites for hydroxylation is 1. The number of fused-ring (bicyclic) bond motifs is 1. The van der Waals surface area contributed by atoms with E-state index in [0.29, 0.717) is 16.5 Å². The largest absolute Gasteiger partial charge is 0.506 e. The van der Waals surface area contributed by atoms with E-state index in [0.717, 1.165) is 5.56 Å². The van der Waals surface area contributed by atoms with Crippen molar-refractivity contribution in [1.82, 2.24) is 0 Å². The fraction of sp³-hybridized carbons (Fsp3) is 0.0526. The Kier molecular flexibility index (Phi) is 3.81. The lowest BCUT2D eigenvalue weighted by atomic mass is 10.1. The summed E-state index contributed by atoms with van der Waals surface area (Å²) >= 11 is 0. The molecular weight excluding hydrogens is 292 g/mol. The number of para-hydroxylation sites is 1. The van der Waals surface area contributed by atoms with Gasteiger partial charge in [0.05, 0.1) is 5.39 Å². The quantitative estimate of drug-likeness (QED) is 0.455. The van der Waals surface area contributed by atoms with E-state index in [9.17, 15) is 14.7 Å². The number of rotatable bonds is 3. The fourth-order valence-electron chi connectivity index (χ4n) is 2.37. The second-order valence-corrected chi connectivity index (χ2v) is 5.17. The first-order valence-corrected chi connectivity index (χ1v) is 7.11. The number of carbonyl (C=O) groups excluding carboxylic acids is 1. The van der Waals surface area contributed by atoms with Gasteiger partial charge < -0.3 is 9.52 Å². The summed E-state index contributed by atoms with van der Waals surface area (Å²) in [6.07, 6.45) is 2.54. The Bertz CT molecular complexity index is 966. The molecule has 0 saturated carbocycles. The predicted molar refractivity (Wildman–Crippen MR) is 88.7 cm³/mol. The van der Waals surface area contributed by atoms with E-state index in [4.69, 9.17) is 4.42 Å². The molecule has 0 aliphatic heterocycles. The lowest BCUT2D eigenvalue weighted by Gasteiger charge is -2.05. The molecular formula is C19H14O4. The monoisotopic (exact) mass is 306 g/mol. The molecule has 3 rings (SSSR count). The first-order valence-electron chi connectivity index (χ1n) is 7.11. The van der Waals surface area contributed by atoms with Gasteiger partial charge in [-0.1, -0.05) is 42.5 Å². The van der Waals surface area contributed by atoms with Crippen LogP contribution in [0.25, 0.3) is 17.0 Å². The smallest absolute Gasteiger partial charge is 0.347 e. The molecule has 114 valence electrons. The topological polar surface area (TPSA) is 67.5 Å². The molecule has 0 amide bonds. The van der Waals surface area contributed by atoms with Gasteiger partial charge in [0.2, 0.25) is 0 Å². The van der Waals surface area contributed by atoms with Gasteiger partial charge in [0.25, 0.3) is 0 Å². The summed E-state index contributed by atoms with van der Waals surface area (Å²) in [6, 6.07) is 13.9. The molecule has 4 heteroatoms. The van der Waals surface area contributed by atoms with Gasteiger partial charge in [0.1, 0.15) is 16.9 Å². The molecule has 1 N–H and O–H groups in total. The van der Waals surface area contributed by atoms with Crippen LogP contribution in [0.3, 0.4) is 0 Å². The van der Waals surface area contributed by atoms with Crippen LogP contribution in [0.15, 0.2) is 63.8 Å². The second kappa shape index (κ2) is 5.93. The van der Waals surface area contributed by atoms with Gasteiger partial charge in [-0.05, 0) is 30.7 Å². The maximum Gasteiger partial charge on any atom is 0.347 e. The second-order valence-electron chi connectivity index (χ2n) is 5.17. The average Bonchev–Trinajstić information content (AvgIpc) is 2.56. The van der Waals surface area contributed by atoms with Crippen molar-refractivity contribution in [3.05, 3.63) is 81.7 Å². The third kappa shape index (κ3) is 2.79. The molecule has 0 fully saturated rings. The highest BCUT2D eigenvalue weighted by Gasteiger charge is 2.13. The summed E-state index contributed by atoms with van der Waals surface area (Å²) < 4.78 is 5.26. The molecule has 0 atom stereocenters. The van der Waals surface area contributed by atoms with Crippen LogP contribution in [0.5, 0.6) is 5.75 Å². The van der Waals surface area contributed by atoms with Gasteiger partial charge in [-0.2, -0.15) is 0 Å². The van der Waals surface area contributed by atoms with Gasteiger partial charge in [-0.3, -0.25) is 4.79 Å². The van der Waals surface area contributed by atoms with Crippen molar-refractivity contribution in [3.8, 4) is 5.75 Å². The van der Waals surface area contributed by atoms with E-state index < -0.39 is 5.63 Å². The molecule has 1 heterocycles. The van der Waals surface area contributed by atoms with Crippen molar-refractivity contribution in [2.24, 2.45) is 0 Å². The zero-order chi connectivity index (χ0) is 16.4. The summed E-state index contributed by atoms with van der Waals surface area (Å²) in [4.78, 5) is 24.1. The number of carbonyl (C=O) groups is 1. The fourth-order valence-corrected chi connectivity index (χ4v) is 2.37. The number of hydrogen-bond donors (Lipinski definition) is 1. The maximum atomic E-state index is 12.1. The third-order valence-corrected chi connectivity index (χ3v) is 3.60. The summed E-state index contributed by atoms with van der Waals surface area (Å²) in [5.41, 5.74) is 0.894. The molecule has 0 spiro atoms. The minimum atomic E-state index is -0.679. The Morgan fingerprint density at radius 1 is 1.09 bits per heavy atom. The van der Waals surface area contributed by atoms with Crippen molar-refractivity contribution in [2.45, 2.75) is 6.92 Å². The summed E-state index contributed by atoms with van der Waals surface area (Å²) in [5, 5.41) is 10.8. The van der Waals surface area contributed by atoms with Crippen molar-refractivity contribution < 1.29 is 14.3 Å². The van der Waals surface area contributed by atoms with Gasteiger partial charge in [0, 0.05) is 5.56 Å². The molecule has 2 aromatic carbocycles. The Labute approximate surface area is 132 Å². The highest BCUT2D eigenvalue weighted by molar-refractivity contribution is 6.07. The van der Waals surface area contributed by atoms with Gasteiger partial charge in [-0.25, -0.2) is 4.79 Å². The van der Waals surface area contributed by atoms with Crippen LogP contribution in [0.4, 0.5) is 0 Å². The first-order chi connectivity index (χ1) is 11.1. The van der Waals surface area contributed by atoms with E-state index >= 15 is 0 Å². The molecule has 3 aromatic rings.